The third-order valence-corrected chi connectivity index (χ3v) is 7.58. The standard InChI is InChI=1S/C22H25ClFN3O4S/c1-15-14-19(9-10-20(15)24)32(30,31)27-13-3-2-4-18(27)11-12-25-21(28)22(29)26-17-7-5-16(23)6-8-17/h5-10,14,18H,2-4,11-13H2,1H3,(H,25,28)(H,26,29). The second-order valence-corrected chi connectivity index (χ2v) is 10.0. The maximum Gasteiger partial charge on any atom is 0.313 e. The monoisotopic (exact) mass is 481 g/mol. The molecule has 3 rings (SSSR count). The number of hydrogen-bond acceptors (Lipinski definition) is 4. The van der Waals surface area contributed by atoms with Gasteiger partial charge in [0, 0.05) is 29.8 Å². The number of nitrogens with zero attached hydrogens (tertiary/aromatic N) is 1. The molecular weight excluding hydrogens is 457 g/mol. The first-order valence-electron chi connectivity index (χ1n) is 10.3. The highest BCUT2D eigenvalue weighted by atomic mass is 35.5. The summed E-state index contributed by atoms with van der Waals surface area (Å²) in [7, 11) is -3.80. The molecule has 0 saturated carbocycles. The van der Waals surface area contributed by atoms with Crippen LogP contribution in [0.1, 0.15) is 31.2 Å². The zero-order valence-electron chi connectivity index (χ0n) is 17.6. The van der Waals surface area contributed by atoms with Crippen LogP contribution in [-0.4, -0.2) is 43.7 Å². The molecule has 1 aliphatic heterocycles. The van der Waals surface area contributed by atoms with Crippen LogP contribution >= 0.6 is 11.6 Å². The summed E-state index contributed by atoms with van der Waals surface area (Å²) >= 11 is 5.80. The summed E-state index contributed by atoms with van der Waals surface area (Å²) in [4.78, 5) is 24.2. The quantitative estimate of drug-likeness (QED) is 0.617. The average molecular weight is 482 g/mol. The highest BCUT2D eigenvalue weighted by Crippen LogP contribution is 2.27. The van der Waals surface area contributed by atoms with Crippen LogP contribution in [0.5, 0.6) is 0 Å². The molecule has 1 atom stereocenters. The van der Waals surface area contributed by atoms with Gasteiger partial charge in [0.1, 0.15) is 5.82 Å². The van der Waals surface area contributed by atoms with E-state index in [0.717, 1.165) is 18.9 Å². The Morgan fingerprint density at radius 2 is 1.84 bits per heavy atom. The van der Waals surface area contributed by atoms with E-state index in [2.05, 4.69) is 10.6 Å². The first kappa shape index (κ1) is 24.2. The molecule has 1 saturated heterocycles. The van der Waals surface area contributed by atoms with Crippen molar-refractivity contribution in [3.63, 3.8) is 0 Å². The number of anilines is 1. The van der Waals surface area contributed by atoms with E-state index in [4.69, 9.17) is 11.6 Å². The van der Waals surface area contributed by atoms with Crippen LogP contribution in [0, 0.1) is 12.7 Å². The van der Waals surface area contributed by atoms with E-state index in [1.807, 2.05) is 0 Å². The molecule has 1 unspecified atom stereocenters. The number of rotatable bonds is 6. The molecule has 10 heteroatoms. The molecular formula is C22H25ClFN3O4S. The largest absolute Gasteiger partial charge is 0.348 e. The van der Waals surface area contributed by atoms with Gasteiger partial charge in [-0.05, 0) is 74.2 Å². The highest BCUT2D eigenvalue weighted by molar-refractivity contribution is 7.89. The van der Waals surface area contributed by atoms with Gasteiger partial charge in [0.25, 0.3) is 0 Å². The topological polar surface area (TPSA) is 95.6 Å². The highest BCUT2D eigenvalue weighted by Gasteiger charge is 2.33. The number of benzene rings is 2. The zero-order valence-corrected chi connectivity index (χ0v) is 19.2. The number of hydrogen-bond donors (Lipinski definition) is 2. The number of carbonyl (C=O) groups is 2. The zero-order chi connectivity index (χ0) is 23.3. The molecule has 0 spiro atoms. The second kappa shape index (κ2) is 10.4. The molecule has 2 aromatic carbocycles. The normalized spacial score (nSPS) is 17.0. The summed E-state index contributed by atoms with van der Waals surface area (Å²) in [6.07, 6.45) is 2.60. The second-order valence-electron chi connectivity index (χ2n) is 7.68. The van der Waals surface area contributed by atoms with Gasteiger partial charge in [-0.15, -0.1) is 0 Å². The molecule has 32 heavy (non-hydrogen) atoms. The SMILES string of the molecule is Cc1cc(S(=O)(=O)N2CCCCC2CCNC(=O)C(=O)Nc2ccc(Cl)cc2)ccc1F. The Hall–Kier alpha value is -2.49. The van der Waals surface area contributed by atoms with Gasteiger partial charge in [-0.3, -0.25) is 9.59 Å². The van der Waals surface area contributed by atoms with Crippen LogP contribution in [-0.2, 0) is 19.6 Å². The Morgan fingerprint density at radius 1 is 1.12 bits per heavy atom. The molecule has 0 aromatic heterocycles. The lowest BCUT2D eigenvalue weighted by Gasteiger charge is -2.34. The lowest BCUT2D eigenvalue weighted by Crippen LogP contribution is -2.45. The Balaban J connectivity index is 1.59. The first-order chi connectivity index (χ1) is 15.2. The predicted octanol–water partition coefficient (Wildman–Crippen LogP) is 3.48. The molecule has 7 nitrogen and oxygen atoms in total. The molecule has 0 radical (unpaired) electrons. The first-order valence-corrected chi connectivity index (χ1v) is 12.1. The average Bonchev–Trinajstić information content (AvgIpc) is 2.77. The number of nitrogens with one attached hydrogen (secondary N) is 2. The van der Waals surface area contributed by atoms with E-state index < -0.39 is 27.7 Å². The number of carbonyl (C=O) groups excluding carboxylic acids is 2. The molecule has 0 aliphatic carbocycles. The maximum atomic E-state index is 13.6. The van der Waals surface area contributed by atoms with Gasteiger partial charge < -0.3 is 10.6 Å². The van der Waals surface area contributed by atoms with Crippen molar-refractivity contribution in [1.82, 2.24) is 9.62 Å². The van der Waals surface area contributed by atoms with Crippen LogP contribution < -0.4 is 10.6 Å². The van der Waals surface area contributed by atoms with Crippen molar-refractivity contribution in [3.05, 3.63) is 58.9 Å². The summed E-state index contributed by atoms with van der Waals surface area (Å²) in [6, 6.07) is 9.78. The lowest BCUT2D eigenvalue weighted by molar-refractivity contribution is -0.136. The smallest absolute Gasteiger partial charge is 0.313 e. The third kappa shape index (κ3) is 5.85. The van der Waals surface area contributed by atoms with Gasteiger partial charge in [-0.1, -0.05) is 18.0 Å². The molecule has 2 aromatic rings. The Labute approximate surface area is 192 Å². The van der Waals surface area contributed by atoms with E-state index in [1.54, 1.807) is 24.3 Å². The van der Waals surface area contributed by atoms with Crippen molar-refractivity contribution in [3.8, 4) is 0 Å². The molecule has 172 valence electrons. The van der Waals surface area contributed by atoms with Crippen molar-refractivity contribution < 1.29 is 22.4 Å². The van der Waals surface area contributed by atoms with Crippen LogP contribution in [0.4, 0.5) is 10.1 Å². The minimum atomic E-state index is -3.80. The minimum Gasteiger partial charge on any atom is -0.348 e. The van der Waals surface area contributed by atoms with E-state index in [1.165, 1.54) is 23.4 Å². The summed E-state index contributed by atoms with van der Waals surface area (Å²) in [5.74, 6) is -2.08. The summed E-state index contributed by atoms with van der Waals surface area (Å²) in [5.41, 5.74) is 0.701. The van der Waals surface area contributed by atoms with Gasteiger partial charge in [-0.2, -0.15) is 4.31 Å². The number of sulfonamides is 1. The third-order valence-electron chi connectivity index (χ3n) is 5.38. The fourth-order valence-electron chi connectivity index (χ4n) is 3.65. The predicted molar refractivity (Wildman–Crippen MR) is 120 cm³/mol. The Morgan fingerprint density at radius 3 is 2.53 bits per heavy atom. The van der Waals surface area contributed by atoms with Crippen LogP contribution in [0.15, 0.2) is 47.4 Å². The van der Waals surface area contributed by atoms with E-state index in [-0.39, 0.29) is 23.0 Å². The fourth-order valence-corrected chi connectivity index (χ4v) is 5.58. The minimum absolute atomic E-state index is 0.0506. The van der Waals surface area contributed by atoms with E-state index in [0.29, 0.717) is 30.1 Å². The lowest BCUT2D eigenvalue weighted by atomic mass is 10.0. The Bertz CT molecular complexity index is 1090. The van der Waals surface area contributed by atoms with Gasteiger partial charge in [0.15, 0.2) is 0 Å². The summed E-state index contributed by atoms with van der Waals surface area (Å²) < 4.78 is 41.3. The fraction of sp³-hybridized carbons (Fsp3) is 0.364. The number of piperidine rings is 1. The number of halogens is 2. The molecule has 1 fully saturated rings. The van der Waals surface area contributed by atoms with Crippen molar-refractivity contribution in [2.24, 2.45) is 0 Å². The van der Waals surface area contributed by atoms with E-state index >= 15 is 0 Å². The molecule has 0 bridgehead atoms. The van der Waals surface area contributed by atoms with Crippen molar-refractivity contribution in [2.45, 2.75) is 43.5 Å². The number of aryl methyl sites for hydroxylation is 1. The maximum absolute atomic E-state index is 13.6. The van der Waals surface area contributed by atoms with Crippen molar-refractivity contribution in [2.75, 3.05) is 18.4 Å². The molecule has 2 N–H and O–H groups in total. The molecule has 1 aliphatic rings. The van der Waals surface area contributed by atoms with Gasteiger partial charge >= 0.3 is 11.8 Å². The molecule has 2 amide bonds. The van der Waals surface area contributed by atoms with Crippen molar-refractivity contribution >= 4 is 39.1 Å². The number of amides is 2. The Kier molecular flexibility index (Phi) is 7.86. The van der Waals surface area contributed by atoms with Crippen LogP contribution in [0.3, 0.4) is 0 Å². The summed E-state index contributed by atoms with van der Waals surface area (Å²) in [5, 5.41) is 5.53. The summed E-state index contributed by atoms with van der Waals surface area (Å²) in [6.45, 7) is 2.02. The van der Waals surface area contributed by atoms with Crippen molar-refractivity contribution in [1.29, 1.82) is 0 Å². The van der Waals surface area contributed by atoms with E-state index in [9.17, 15) is 22.4 Å². The van der Waals surface area contributed by atoms with Gasteiger partial charge in [0.05, 0.1) is 4.90 Å². The van der Waals surface area contributed by atoms with Crippen LogP contribution in [0.2, 0.25) is 5.02 Å². The van der Waals surface area contributed by atoms with Gasteiger partial charge in [0.2, 0.25) is 10.0 Å². The van der Waals surface area contributed by atoms with Gasteiger partial charge in [-0.25, -0.2) is 12.8 Å². The molecule has 1 heterocycles. The van der Waals surface area contributed by atoms with Crippen LogP contribution in [0.25, 0.3) is 0 Å².